The molecule has 0 N–H and O–H groups in total. The number of ether oxygens (including phenoxy) is 1. The monoisotopic (exact) mass is 365 g/mol. The van der Waals surface area contributed by atoms with Gasteiger partial charge < -0.3 is 4.74 Å². The molecule has 0 aliphatic rings. The summed E-state index contributed by atoms with van der Waals surface area (Å²) < 4.78 is 35.2. The Morgan fingerprint density at radius 3 is 1.88 bits per heavy atom. The van der Waals surface area contributed by atoms with Gasteiger partial charge in [0, 0.05) is 5.56 Å². The lowest BCUT2D eigenvalue weighted by Crippen LogP contribution is -2.13. The molecule has 26 heavy (non-hydrogen) atoms. The van der Waals surface area contributed by atoms with Crippen LogP contribution < -0.4 is 4.74 Å². The number of nitrogens with zero attached hydrogens (tertiary/aromatic N) is 1. The molecule has 3 aromatic carbocycles. The van der Waals surface area contributed by atoms with Crippen LogP contribution in [0.5, 0.6) is 5.75 Å². The summed E-state index contributed by atoms with van der Waals surface area (Å²) in [6.45, 7) is 3.87. The van der Waals surface area contributed by atoms with Crippen LogP contribution in [0.2, 0.25) is 0 Å². The van der Waals surface area contributed by atoms with Gasteiger partial charge in [-0.3, -0.25) is 0 Å². The lowest BCUT2D eigenvalue weighted by molar-refractivity contribution is 0.550. The average Bonchev–Trinajstić information content (AvgIpc) is 2.64. The third-order valence-electron chi connectivity index (χ3n) is 3.78. The van der Waals surface area contributed by atoms with Crippen molar-refractivity contribution >= 4 is 15.9 Å². The van der Waals surface area contributed by atoms with E-state index in [0.29, 0.717) is 11.3 Å². The highest BCUT2D eigenvalue weighted by atomic mass is 32.2. The number of sulfonamides is 1. The fraction of sp³-hybridized carbons (Fsp3) is 0.0952. The predicted molar refractivity (Wildman–Crippen MR) is 103 cm³/mol. The Balaban J connectivity index is 2.03. The normalized spacial score (nSPS) is 12.0. The molecule has 4 nitrogen and oxygen atoms in total. The quantitative estimate of drug-likeness (QED) is 0.505. The molecular formula is C21H19NO3S. The molecule has 0 saturated heterocycles. The smallest absolute Gasteiger partial charge is 0.285 e. The van der Waals surface area contributed by atoms with E-state index in [-0.39, 0.29) is 10.8 Å². The molecule has 3 aromatic rings. The Kier molecular flexibility index (Phi) is 5.19. The molecule has 0 aromatic heterocycles. The molecule has 0 amide bonds. The van der Waals surface area contributed by atoms with Crippen LogP contribution in [0.15, 0.2) is 88.2 Å². The minimum Gasteiger partial charge on any atom is -0.438 e. The molecule has 132 valence electrons. The number of rotatable bonds is 4. The highest BCUT2D eigenvalue weighted by Crippen LogP contribution is 2.18. The summed E-state index contributed by atoms with van der Waals surface area (Å²) in [7, 11) is -3.89. The van der Waals surface area contributed by atoms with Crippen LogP contribution in [0.3, 0.4) is 0 Å². The second-order valence-corrected chi connectivity index (χ2v) is 7.57. The van der Waals surface area contributed by atoms with Gasteiger partial charge in [-0.25, -0.2) is 0 Å². The summed E-state index contributed by atoms with van der Waals surface area (Å²) in [5.74, 6) is 0.562. The van der Waals surface area contributed by atoms with E-state index in [1.54, 1.807) is 48.5 Å². The third kappa shape index (κ3) is 4.37. The van der Waals surface area contributed by atoms with Gasteiger partial charge in [0.05, 0.1) is 4.90 Å². The first-order chi connectivity index (χ1) is 12.4. The molecular weight excluding hydrogens is 346 g/mol. The van der Waals surface area contributed by atoms with Crippen molar-refractivity contribution < 1.29 is 13.2 Å². The number of hydrogen-bond acceptors (Lipinski definition) is 3. The fourth-order valence-corrected chi connectivity index (χ4v) is 3.25. The van der Waals surface area contributed by atoms with Gasteiger partial charge in [0.2, 0.25) is 5.90 Å². The van der Waals surface area contributed by atoms with Crippen LogP contribution in [0.25, 0.3) is 0 Å². The highest BCUT2D eigenvalue weighted by molar-refractivity contribution is 7.90. The Bertz CT molecular complexity index is 1010. The van der Waals surface area contributed by atoms with E-state index < -0.39 is 10.0 Å². The van der Waals surface area contributed by atoms with Gasteiger partial charge in [-0.1, -0.05) is 53.6 Å². The summed E-state index contributed by atoms with van der Waals surface area (Å²) in [4.78, 5) is 0.129. The lowest BCUT2D eigenvalue weighted by Gasteiger charge is -2.10. The van der Waals surface area contributed by atoms with Gasteiger partial charge in [0.1, 0.15) is 5.75 Å². The summed E-state index contributed by atoms with van der Waals surface area (Å²) in [5.41, 5.74) is 2.65. The Labute approximate surface area is 153 Å². The maximum Gasteiger partial charge on any atom is 0.285 e. The molecule has 3 rings (SSSR count). The standard InChI is InChI=1S/C21H19NO3S/c1-16-8-12-19(13-9-16)25-21(18-6-4-3-5-7-18)22-26(23,24)20-14-10-17(2)11-15-20/h3-15H,1-2H3/b22-21-. The van der Waals surface area contributed by atoms with Crippen molar-refractivity contribution in [1.29, 1.82) is 0 Å². The molecule has 5 heteroatoms. The van der Waals surface area contributed by atoms with Gasteiger partial charge in [0.15, 0.2) is 0 Å². The zero-order valence-corrected chi connectivity index (χ0v) is 15.4. The molecule has 0 unspecified atom stereocenters. The minimum atomic E-state index is -3.89. The van der Waals surface area contributed by atoms with Crippen LogP contribution in [-0.4, -0.2) is 14.3 Å². The first-order valence-electron chi connectivity index (χ1n) is 8.16. The molecule has 0 spiro atoms. The summed E-state index contributed by atoms with van der Waals surface area (Å²) in [5, 5.41) is 0. The number of aryl methyl sites for hydroxylation is 2. The van der Waals surface area contributed by atoms with Crippen molar-refractivity contribution in [2.24, 2.45) is 4.40 Å². The Morgan fingerprint density at radius 1 is 0.769 bits per heavy atom. The van der Waals surface area contributed by atoms with Crippen LogP contribution in [0, 0.1) is 13.8 Å². The maximum absolute atomic E-state index is 12.7. The molecule has 0 heterocycles. The van der Waals surface area contributed by atoms with Gasteiger partial charge in [-0.05, 0) is 50.2 Å². The first kappa shape index (κ1) is 17.9. The van der Waals surface area contributed by atoms with Gasteiger partial charge in [-0.2, -0.15) is 8.42 Å². The summed E-state index contributed by atoms with van der Waals surface area (Å²) in [6.07, 6.45) is 0. The van der Waals surface area contributed by atoms with E-state index in [9.17, 15) is 8.42 Å². The van der Waals surface area contributed by atoms with E-state index in [4.69, 9.17) is 4.74 Å². The average molecular weight is 365 g/mol. The van der Waals surface area contributed by atoms with Crippen molar-refractivity contribution in [3.63, 3.8) is 0 Å². The van der Waals surface area contributed by atoms with E-state index in [2.05, 4.69) is 4.40 Å². The molecule has 0 aliphatic carbocycles. The van der Waals surface area contributed by atoms with Gasteiger partial charge in [0.25, 0.3) is 10.0 Å². The molecule has 0 radical (unpaired) electrons. The predicted octanol–water partition coefficient (Wildman–Crippen LogP) is 4.52. The van der Waals surface area contributed by atoms with E-state index in [1.165, 1.54) is 0 Å². The van der Waals surface area contributed by atoms with Crippen LogP contribution in [-0.2, 0) is 10.0 Å². The first-order valence-corrected chi connectivity index (χ1v) is 9.60. The second kappa shape index (κ2) is 7.54. The summed E-state index contributed by atoms with van der Waals surface area (Å²) >= 11 is 0. The Morgan fingerprint density at radius 2 is 1.31 bits per heavy atom. The molecule has 0 saturated carbocycles. The zero-order chi connectivity index (χ0) is 18.6. The lowest BCUT2D eigenvalue weighted by atomic mass is 10.2. The van der Waals surface area contributed by atoms with E-state index >= 15 is 0 Å². The van der Waals surface area contributed by atoms with Crippen molar-refractivity contribution in [2.75, 3.05) is 0 Å². The second-order valence-electron chi connectivity index (χ2n) is 5.97. The third-order valence-corrected chi connectivity index (χ3v) is 5.05. The van der Waals surface area contributed by atoms with Crippen LogP contribution in [0.1, 0.15) is 16.7 Å². The number of hydrogen-bond donors (Lipinski definition) is 0. The van der Waals surface area contributed by atoms with E-state index in [0.717, 1.165) is 11.1 Å². The zero-order valence-electron chi connectivity index (χ0n) is 14.6. The summed E-state index contributed by atoms with van der Waals surface area (Å²) in [6, 6.07) is 22.9. The molecule has 0 atom stereocenters. The molecule has 0 aliphatic heterocycles. The van der Waals surface area contributed by atoms with Gasteiger partial charge in [-0.15, -0.1) is 4.40 Å². The fourth-order valence-electron chi connectivity index (χ4n) is 2.30. The van der Waals surface area contributed by atoms with Crippen LogP contribution in [0.4, 0.5) is 0 Å². The van der Waals surface area contributed by atoms with Gasteiger partial charge >= 0.3 is 0 Å². The maximum atomic E-state index is 12.7. The van der Waals surface area contributed by atoms with Crippen LogP contribution >= 0.6 is 0 Å². The highest BCUT2D eigenvalue weighted by Gasteiger charge is 2.17. The minimum absolute atomic E-state index is 0.0371. The van der Waals surface area contributed by atoms with Crippen molar-refractivity contribution in [1.82, 2.24) is 0 Å². The number of benzene rings is 3. The SMILES string of the molecule is Cc1ccc(O/C(=N\S(=O)(=O)c2ccc(C)cc2)c2ccccc2)cc1. The van der Waals surface area contributed by atoms with Crippen molar-refractivity contribution in [2.45, 2.75) is 18.7 Å². The molecule has 0 fully saturated rings. The molecule has 0 bridgehead atoms. The largest absolute Gasteiger partial charge is 0.438 e. The van der Waals surface area contributed by atoms with Crippen molar-refractivity contribution in [3.8, 4) is 5.75 Å². The Hall–Kier alpha value is -2.92. The van der Waals surface area contributed by atoms with E-state index in [1.807, 2.05) is 44.2 Å². The van der Waals surface area contributed by atoms with Crippen molar-refractivity contribution in [3.05, 3.63) is 95.6 Å². The topological polar surface area (TPSA) is 55.7 Å².